The van der Waals surface area contributed by atoms with Crippen LogP contribution >= 0.6 is 0 Å². The lowest BCUT2D eigenvalue weighted by molar-refractivity contribution is 0.0721. The quantitative estimate of drug-likeness (QED) is 0.775. The second-order valence-corrected chi connectivity index (χ2v) is 8.01. The van der Waals surface area contributed by atoms with Crippen LogP contribution in [0.1, 0.15) is 40.0 Å². The first-order valence-electron chi connectivity index (χ1n) is 10.1. The normalized spacial score (nSPS) is 17.3. The van der Waals surface area contributed by atoms with E-state index in [2.05, 4.69) is 42.2 Å². The molecule has 3 rings (SSSR count). The molecule has 0 bridgehead atoms. The number of hydrogen-bond acceptors (Lipinski definition) is 3. The van der Waals surface area contributed by atoms with Crippen LogP contribution in [-0.4, -0.2) is 53.5 Å². The van der Waals surface area contributed by atoms with E-state index >= 15 is 0 Å². The fourth-order valence-electron chi connectivity index (χ4n) is 4.18. The fraction of sp³-hybridized carbons (Fsp3) is 0.478. The first-order chi connectivity index (χ1) is 13.5. The van der Waals surface area contributed by atoms with Gasteiger partial charge in [0.25, 0.3) is 5.91 Å². The number of carbonyl (C=O) groups is 1. The van der Waals surface area contributed by atoms with Crippen molar-refractivity contribution >= 4 is 5.91 Å². The van der Waals surface area contributed by atoms with Crippen LogP contribution in [0.5, 0.6) is 0 Å². The van der Waals surface area contributed by atoms with Crippen LogP contribution in [0.3, 0.4) is 0 Å². The van der Waals surface area contributed by atoms with Crippen molar-refractivity contribution in [3.05, 3.63) is 58.9 Å². The van der Waals surface area contributed by atoms with Gasteiger partial charge in [0.2, 0.25) is 0 Å². The van der Waals surface area contributed by atoms with Gasteiger partial charge in [-0.25, -0.2) is 0 Å². The Hall–Kier alpha value is -2.58. The van der Waals surface area contributed by atoms with Gasteiger partial charge in [-0.05, 0) is 55.8 Å². The third-order valence-corrected chi connectivity index (χ3v) is 5.79. The van der Waals surface area contributed by atoms with Gasteiger partial charge in [0.15, 0.2) is 0 Å². The molecule has 1 amide bonds. The molecule has 5 heteroatoms. The molecule has 1 aromatic carbocycles. The number of aryl methyl sites for hydroxylation is 2. The Morgan fingerprint density at radius 2 is 2.14 bits per heavy atom. The zero-order chi connectivity index (χ0) is 20.1. The Bertz CT molecular complexity index is 864. The molecular formula is C23H30N4O. The van der Waals surface area contributed by atoms with Crippen LogP contribution < -0.4 is 0 Å². The molecule has 5 nitrogen and oxygen atoms in total. The van der Waals surface area contributed by atoms with Gasteiger partial charge in [0, 0.05) is 39.9 Å². The Kier molecular flexibility index (Phi) is 6.53. The zero-order valence-corrected chi connectivity index (χ0v) is 17.2. The van der Waals surface area contributed by atoms with Crippen molar-refractivity contribution in [2.24, 2.45) is 13.0 Å². The molecule has 0 radical (unpaired) electrons. The van der Waals surface area contributed by atoms with Gasteiger partial charge in [-0.3, -0.25) is 4.79 Å². The van der Waals surface area contributed by atoms with Crippen LogP contribution in [-0.2, 0) is 13.5 Å². The molecule has 28 heavy (non-hydrogen) atoms. The van der Waals surface area contributed by atoms with Crippen molar-refractivity contribution in [3.63, 3.8) is 0 Å². The molecule has 148 valence electrons. The van der Waals surface area contributed by atoms with Gasteiger partial charge in [0.1, 0.15) is 11.8 Å². The van der Waals surface area contributed by atoms with Crippen molar-refractivity contribution in [2.75, 3.05) is 33.2 Å². The maximum absolute atomic E-state index is 12.8. The molecule has 1 aromatic heterocycles. The van der Waals surface area contributed by atoms with E-state index in [0.29, 0.717) is 17.2 Å². The molecule has 1 fully saturated rings. The number of aromatic nitrogens is 1. The number of benzene rings is 1. The molecule has 1 aliphatic rings. The SMILES string of the molecule is Cc1ccccc1CCN1CCC[C@H](CN(C)C(=O)c2cc(C#N)cn2C)C1. The lowest BCUT2D eigenvalue weighted by Crippen LogP contribution is -2.42. The Morgan fingerprint density at radius 1 is 1.36 bits per heavy atom. The van der Waals surface area contributed by atoms with Crippen molar-refractivity contribution in [1.82, 2.24) is 14.4 Å². The molecule has 0 unspecified atom stereocenters. The van der Waals surface area contributed by atoms with Gasteiger partial charge >= 0.3 is 0 Å². The summed E-state index contributed by atoms with van der Waals surface area (Å²) in [6, 6.07) is 12.4. The molecule has 1 saturated heterocycles. The standard InChI is InChI=1S/C23H30N4O/c1-18-7-4-5-9-21(18)10-12-27-11-6-8-19(17-27)15-26(3)23(28)22-13-20(14-24)16-25(22)2/h4-5,7,9,13,16,19H,6,8,10-12,15,17H2,1-3H3/t19-/m1/s1. The smallest absolute Gasteiger partial charge is 0.270 e. The van der Waals surface area contributed by atoms with Crippen LogP contribution in [0.25, 0.3) is 0 Å². The average molecular weight is 379 g/mol. The highest BCUT2D eigenvalue weighted by atomic mass is 16.2. The van der Waals surface area contributed by atoms with Gasteiger partial charge in [-0.2, -0.15) is 5.26 Å². The van der Waals surface area contributed by atoms with Crippen LogP contribution in [0.4, 0.5) is 0 Å². The highest BCUT2D eigenvalue weighted by Crippen LogP contribution is 2.19. The van der Waals surface area contributed by atoms with E-state index in [1.54, 1.807) is 16.8 Å². The Morgan fingerprint density at radius 3 is 2.86 bits per heavy atom. The average Bonchev–Trinajstić information content (AvgIpc) is 3.08. The molecule has 0 N–H and O–H groups in total. The van der Waals surface area contributed by atoms with E-state index in [4.69, 9.17) is 5.26 Å². The highest BCUT2D eigenvalue weighted by Gasteiger charge is 2.24. The van der Waals surface area contributed by atoms with Gasteiger partial charge in [-0.15, -0.1) is 0 Å². The topological polar surface area (TPSA) is 52.3 Å². The number of likely N-dealkylation sites (tertiary alicyclic amines) is 1. The van der Waals surface area contributed by atoms with Gasteiger partial charge in [-0.1, -0.05) is 24.3 Å². The first kappa shape index (κ1) is 20.2. The zero-order valence-electron chi connectivity index (χ0n) is 17.2. The van der Waals surface area contributed by atoms with Crippen molar-refractivity contribution in [2.45, 2.75) is 26.2 Å². The third kappa shape index (κ3) is 4.82. The van der Waals surface area contributed by atoms with Crippen molar-refractivity contribution in [3.8, 4) is 6.07 Å². The summed E-state index contributed by atoms with van der Waals surface area (Å²) in [5.74, 6) is 0.483. The molecular weight excluding hydrogens is 348 g/mol. The molecule has 1 aliphatic heterocycles. The molecule has 2 heterocycles. The number of nitrogens with zero attached hydrogens (tertiary/aromatic N) is 4. The maximum atomic E-state index is 12.8. The van der Waals surface area contributed by atoms with Crippen molar-refractivity contribution < 1.29 is 4.79 Å². The Balaban J connectivity index is 1.54. The summed E-state index contributed by atoms with van der Waals surface area (Å²) in [5.41, 5.74) is 3.89. The van der Waals surface area contributed by atoms with Gasteiger partial charge < -0.3 is 14.4 Å². The summed E-state index contributed by atoms with van der Waals surface area (Å²) in [6.45, 7) is 6.19. The number of carbonyl (C=O) groups excluding carboxylic acids is 1. The summed E-state index contributed by atoms with van der Waals surface area (Å²) in [5, 5.41) is 9.04. The summed E-state index contributed by atoms with van der Waals surface area (Å²) in [6.07, 6.45) is 5.13. The predicted molar refractivity (Wildman–Crippen MR) is 111 cm³/mol. The minimum absolute atomic E-state index is 0.0129. The second kappa shape index (κ2) is 9.07. The minimum Gasteiger partial charge on any atom is -0.345 e. The van der Waals surface area contributed by atoms with Crippen molar-refractivity contribution in [1.29, 1.82) is 5.26 Å². The van der Waals surface area contributed by atoms with Crippen LogP contribution in [0.2, 0.25) is 0 Å². The monoisotopic (exact) mass is 378 g/mol. The van der Waals surface area contributed by atoms with Crippen LogP contribution in [0, 0.1) is 24.2 Å². The number of nitriles is 1. The van der Waals surface area contributed by atoms with E-state index in [1.165, 1.54) is 17.5 Å². The van der Waals surface area contributed by atoms with Gasteiger partial charge in [0.05, 0.1) is 5.56 Å². The van der Waals surface area contributed by atoms with E-state index in [0.717, 1.165) is 39.0 Å². The molecule has 0 spiro atoms. The summed E-state index contributed by atoms with van der Waals surface area (Å²) in [4.78, 5) is 17.1. The highest BCUT2D eigenvalue weighted by molar-refractivity contribution is 5.93. The Labute approximate surface area is 168 Å². The number of hydrogen-bond donors (Lipinski definition) is 0. The summed E-state index contributed by atoms with van der Waals surface area (Å²) >= 11 is 0. The largest absolute Gasteiger partial charge is 0.345 e. The van der Waals surface area contributed by atoms with E-state index in [1.807, 2.05) is 19.0 Å². The lowest BCUT2D eigenvalue weighted by atomic mass is 9.96. The van der Waals surface area contributed by atoms with E-state index in [-0.39, 0.29) is 5.91 Å². The van der Waals surface area contributed by atoms with Crippen LogP contribution in [0.15, 0.2) is 36.5 Å². The minimum atomic E-state index is -0.0129. The predicted octanol–water partition coefficient (Wildman–Crippen LogP) is 3.23. The third-order valence-electron chi connectivity index (χ3n) is 5.79. The molecule has 0 saturated carbocycles. The maximum Gasteiger partial charge on any atom is 0.270 e. The second-order valence-electron chi connectivity index (χ2n) is 8.01. The summed E-state index contributed by atoms with van der Waals surface area (Å²) in [7, 11) is 3.68. The first-order valence-corrected chi connectivity index (χ1v) is 10.1. The fourth-order valence-corrected chi connectivity index (χ4v) is 4.18. The van der Waals surface area contributed by atoms with E-state index < -0.39 is 0 Å². The molecule has 1 atom stereocenters. The number of rotatable bonds is 6. The summed E-state index contributed by atoms with van der Waals surface area (Å²) < 4.78 is 1.74. The van der Waals surface area contributed by atoms with E-state index in [9.17, 15) is 4.79 Å². The molecule has 0 aliphatic carbocycles. The number of amides is 1. The lowest BCUT2D eigenvalue weighted by Gasteiger charge is -2.34. The molecule has 2 aromatic rings. The number of piperidine rings is 1.